The highest BCUT2D eigenvalue weighted by Crippen LogP contribution is 2.28. The molecule has 164 valence electrons. The molecule has 0 spiro atoms. The first-order valence-electron chi connectivity index (χ1n) is 8.84. The van der Waals surface area contributed by atoms with Crippen LogP contribution in [0, 0.1) is 5.82 Å². The van der Waals surface area contributed by atoms with E-state index < -0.39 is 34.9 Å². The summed E-state index contributed by atoms with van der Waals surface area (Å²) in [5, 5.41) is 0.230. The number of aromatic nitrogens is 3. The Hall–Kier alpha value is -3.80. The largest absolute Gasteiger partial charge is 0.431 e. The molecule has 0 aliphatic rings. The summed E-state index contributed by atoms with van der Waals surface area (Å²) < 4.78 is 62.8. The summed E-state index contributed by atoms with van der Waals surface area (Å²) in [4.78, 5) is 37.4. The van der Waals surface area contributed by atoms with Crippen molar-refractivity contribution >= 4 is 27.6 Å². The molecule has 0 radical (unpaired) electrons. The molecule has 0 atom stereocenters. The Morgan fingerprint density at radius 1 is 1.06 bits per heavy atom. The average Bonchev–Trinajstić information content (AvgIpc) is 3.15. The van der Waals surface area contributed by atoms with Crippen molar-refractivity contribution in [1.29, 1.82) is 0 Å². The fraction of sp³-hybridized carbons (Fsp3) is 0.100. The lowest BCUT2D eigenvalue weighted by molar-refractivity contribution is -0.144. The van der Waals surface area contributed by atoms with Crippen LogP contribution in [-0.2, 0) is 13.2 Å². The third-order valence-electron chi connectivity index (χ3n) is 4.54. The first kappa shape index (κ1) is 21.4. The second kappa shape index (κ2) is 7.71. The zero-order valence-electron chi connectivity index (χ0n) is 16.0. The minimum absolute atomic E-state index is 0.0483. The molecule has 12 heteroatoms. The normalized spacial score (nSPS) is 11.7. The summed E-state index contributed by atoms with van der Waals surface area (Å²) in [6.07, 6.45) is -4.88. The van der Waals surface area contributed by atoms with Crippen LogP contribution in [0.2, 0.25) is 0 Å². The maximum absolute atomic E-state index is 13.1. The van der Waals surface area contributed by atoms with E-state index >= 15 is 0 Å². The summed E-state index contributed by atoms with van der Waals surface area (Å²) in [5.41, 5.74) is -3.95. The van der Waals surface area contributed by atoms with Gasteiger partial charge in [-0.25, -0.2) is 18.5 Å². The number of carbonyl (C=O) groups is 1. The summed E-state index contributed by atoms with van der Waals surface area (Å²) in [7, 11) is 0.900. The molecule has 0 N–H and O–H groups in total. The minimum atomic E-state index is -4.88. The number of rotatable bonds is 3. The van der Waals surface area contributed by atoms with Crippen LogP contribution in [0.5, 0.6) is 5.75 Å². The molecule has 0 unspecified atom stereocenters. The molecule has 4 aromatic rings. The van der Waals surface area contributed by atoms with E-state index in [2.05, 4.69) is 4.37 Å². The zero-order chi connectivity index (χ0) is 23.2. The van der Waals surface area contributed by atoms with E-state index in [0.29, 0.717) is 19.9 Å². The van der Waals surface area contributed by atoms with E-state index in [1.807, 2.05) is 0 Å². The van der Waals surface area contributed by atoms with E-state index in [0.717, 1.165) is 30.7 Å². The molecule has 7 nitrogen and oxygen atoms in total. The fourth-order valence-corrected chi connectivity index (χ4v) is 3.75. The zero-order valence-corrected chi connectivity index (χ0v) is 16.8. The van der Waals surface area contributed by atoms with Crippen molar-refractivity contribution in [2.24, 2.45) is 7.05 Å². The monoisotopic (exact) mass is 465 g/mol. The number of esters is 1. The predicted octanol–water partition coefficient (Wildman–Crippen LogP) is 3.52. The van der Waals surface area contributed by atoms with Crippen molar-refractivity contribution in [2.75, 3.05) is 0 Å². The topological polar surface area (TPSA) is 83.2 Å². The van der Waals surface area contributed by atoms with Crippen LogP contribution in [0.25, 0.3) is 15.8 Å². The van der Waals surface area contributed by atoms with Gasteiger partial charge >= 0.3 is 17.8 Å². The molecule has 32 heavy (non-hydrogen) atoms. The summed E-state index contributed by atoms with van der Waals surface area (Å²) >= 11 is 0.946. The van der Waals surface area contributed by atoms with Gasteiger partial charge in [-0.05, 0) is 54.0 Å². The van der Waals surface area contributed by atoms with E-state index in [4.69, 9.17) is 4.74 Å². The summed E-state index contributed by atoms with van der Waals surface area (Å²) in [6, 6.07) is 9.14. The van der Waals surface area contributed by atoms with Crippen molar-refractivity contribution in [3.05, 3.63) is 86.6 Å². The van der Waals surface area contributed by atoms with Gasteiger partial charge in [0.25, 0.3) is 5.56 Å². The molecular weight excluding hydrogens is 454 g/mol. The highest BCUT2D eigenvalue weighted by molar-refractivity contribution is 7.13. The van der Waals surface area contributed by atoms with Gasteiger partial charge in [0.1, 0.15) is 17.3 Å². The van der Waals surface area contributed by atoms with Gasteiger partial charge < -0.3 is 4.74 Å². The Bertz CT molecular complexity index is 1470. The fourth-order valence-electron chi connectivity index (χ4n) is 3.01. The van der Waals surface area contributed by atoms with Gasteiger partial charge in [-0.3, -0.25) is 9.36 Å². The van der Waals surface area contributed by atoms with Crippen molar-refractivity contribution in [1.82, 2.24) is 13.5 Å². The molecule has 0 fully saturated rings. The second-order valence-electron chi connectivity index (χ2n) is 6.60. The Kier molecular flexibility index (Phi) is 5.17. The number of fused-ring (bicyclic) bond motifs is 1. The predicted molar refractivity (Wildman–Crippen MR) is 107 cm³/mol. The molecular formula is C20H11F4N3O4S. The van der Waals surface area contributed by atoms with Crippen molar-refractivity contribution in [3.8, 4) is 11.4 Å². The van der Waals surface area contributed by atoms with Crippen LogP contribution < -0.4 is 16.0 Å². The van der Waals surface area contributed by atoms with Gasteiger partial charge in [-0.1, -0.05) is 0 Å². The molecule has 0 saturated carbocycles. The number of hydrogen-bond acceptors (Lipinski definition) is 6. The van der Waals surface area contributed by atoms with Gasteiger partial charge in [-0.15, -0.1) is 0 Å². The molecule has 2 aromatic carbocycles. The number of nitrogens with zero attached hydrogens (tertiary/aromatic N) is 3. The molecule has 2 aromatic heterocycles. The van der Waals surface area contributed by atoms with Gasteiger partial charge in [0.05, 0.1) is 10.4 Å². The van der Waals surface area contributed by atoms with E-state index in [9.17, 15) is 31.9 Å². The molecule has 2 heterocycles. The Labute approximate surface area is 179 Å². The van der Waals surface area contributed by atoms with Gasteiger partial charge in [0.2, 0.25) is 0 Å². The van der Waals surface area contributed by atoms with Crippen molar-refractivity contribution in [2.45, 2.75) is 6.18 Å². The van der Waals surface area contributed by atoms with Crippen LogP contribution in [0.15, 0.2) is 58.1 Å². The van der Waals surface area contributed by atoms with Crippen LogP contribution in [0.4, 0.5) is 17.6 Å². The second-order valence-corrected chi connectivity index (χ2v) is 7.40. The van der Waals surface area contributed by atoms with E-state index in [1.165, 1.54) is 30.3 Å². The molecule has 0 aliphatic heterocycles. The molecule has 0 amide bonds. The molecule has 0 aliphatic carbocycles. The number of halogens is 4. The third kappa shape index (κ3) is 3.80. The maximum atomic E-state index is 13.1. The van der Waals surface area contributed by atoms with Crippen LogP contribution in [0.1, 0.15) is 16.2 Å². The third-order valence-corrected chi connectivity index (χ3v) is 5.37. The van der Waals surface area contributed by atoms with Crippen molar-refractivity contribution in [3.63, 3.8) is 0 Å². The van der Waals surface area contributed by atoms with Crippen LogP contribution >= 0.6 is 11.5 Å². The lowest BCUT2D eigenvalue weighted by atomic mass is 10.2. The Morgan fingerprint density at radius 3 is 2.41 bits per heavy atom. The SMILES string of the molecule is Cn1c(C(F)(F)F)cc(=O)n(-c2ccc3snc(C(=O)Oc4ccc(F)cc4)c3c2)c1=O. The summed E-state index contributed by atoms with van der Waals surface area (Å²) in [5.74, 6) is -1.31. The maximum Gasteiger partial charge on any atom is 0.431 e. The Balaban J connectivity index is 1.79. The first-order chi connectivity index (χ1) is 15.1. The number of hydrogen-bond donors (Lipinski definition) is 0. The Morgan fingerprint density at radius 2 is 1.75 bits per heavy atom. The number of carbonyl (C=O) groups excluding carboxylic acids is 1. The highest BCUT2D eigenvalue weighted by Gasteiger charge is 2.35. The van der Waals surface area contributed by atoms with Gasteiger partial charge in [0.15, 0.2) is 5.69 Å². The number of alkyl halides is 3. The average molecular weight is 465 g/mol. The van der Waals surface area contributed by atoms with Gasteiger partial charge in [-0.2, -0.15) is 17.5 Å². The number of benzene rings is 2. The summed E-state index contributed by atoms with van der Waals surface area (Å²) in [6.45, 7) is 0. The van der Waals surface area contributed by atoms with E-state index in [-0.39, 0.29) is 22.5 Å². The minimum Gasteiger partial charge on any atom is -0.422 e. The van der Waals surface area contributed by atoms with E-state index in [1.54, 1.807) is 0 Å². The lowest BCUT2D eigenvalue weighted by Crippen LogP contribution is -2.40. The number of ether oxygens (including phenoxy) is 1. The quantitative estimate of drug-likeness (QED) is 0.263. The first-order valence-corrected chi connectivity index (χ1v) is 9.61. The highest BCUT2D eigenvalue weighted by atomic mass is 32.1. The van der Waals surface area contributed by atoms with Crippen LogP contribution in [0.3, 0.4) is 0 Å². The molecule has 4 rings (SSSR count). The van der Waals surface area contributed by atoms with Crippen LogP contribution in [-0.4, -0.2) is 19.5 Å². The standard InChI is InChI=1S/C20H11F4N3O4S/c1-26-15(20(22,23)24)9-16(28)27(19(26)30)11-4-7-14-13(8-11)17(25-32-14)18(29)31-12-5-2-10(21)3-6-12/h2-9H,1H3. The lowest BCUT2D eigenvalue weighted by Gasteiger charge is -2.14. The molecule has 0 saturated heterocycles. The smallest absolute Gasteiger partial charge is 0.422 e. The molecule has 0 bridgehead atoms. The van der Waals surface area contributed by atoms with Gasteiger partial charge in [0, 0.05) is 18.5 Å². The van der Waals surface area contributed by atoms with Crippen molar-refractivity contribution < 1.29 is 27.1 Å².